The number of fused-ring (bicyclic) bond motifs is 3. The number of hydrogen-bond donors (Lipinski definition) is 0. The first-order valence-electron chi connectivity index (χ1n) is 21.2. The lowest BCUT2D eigenvalue weighted by molar-refractivity contribution is 0.670. The fourth-order valence-electron chi connectivity index (χ4n) is 8.86. The van der Waals surface area contributed by atoms with E-state index in [9.17, 15) is 0 Å². The molecule has 0 bridgehead atoms. The third kappa shape index (κ3) is 6.94. The summed E-state index contributed by atoms with van der Waals surface area (Å²) in [6.45, 7) is 0. The van der Waals surface area contributed by atoms with Crippen molar-refractivity contribution < 1.29 is 4.42 Å². The molecule has 0 aliphatic heterocycles. The van der Waals surface area contributed by atoms with Crippen LogP contribution in [0.2, 0.25) is 0 Å². The molecule has 0 saturated carbocycles. The van der Waals surface area contributed by atoms with Gasteiger partial charge in [0, 0.05) is 33.4 Å². The van der Waals surface area contributed by atoms with Crippen LogP contribution in [0, 0.1) is 0 Å². The first-order valence-corrected chi connectivity index (χ1v) is 21.2. The highest BCUT2D eigenvalue weighted by Gasteiger charge is 2.19. The van der Waals surface area contributed by atoms with E-state index in [1.165, 1.54) is 38.9 Å². The van der Waals surface area contributed by atoms with Gasteiger partial charge in [-0.25, -0.2) is 0 Å². The second-order valence-electron chi connectivity index (χ2n) is 15.7. The number of nitrogens with zero attached hydrogens (tertiary/aromatic N) is 1. The summed E-state index contributed by atoms with van der Waals surface area (Å²) < 4.78 is 6.60. The molecule has 0 spiro atoms. The van der Waals surface area contributed by atoms with E-state index < -0.39 is 0 Å². The molecule has 0 fully saturated rings. The van der Waals surface area contributed by atoms with Crippen LogP contribution in [0.5, 0.6) is 0 Å². The van der Waals surface area contributed by atoms with Gasteiger partial charge in [0.25, 0.3) is 0 Å². The molecular formula is C60H41NO. The molecule has 10 aromatic carbocycles. The molecule has 2 heteroatoms. The number of para-hydroxylation sites is 2. The van der Waals surface area contributed by atoms with Gasteiger partial charge in [-0.2, -0.15) is 0 Å². The van der Waals surface area contributed by atoms with Crippen LogP contribution in [0.25, 0.3) is 88.7 Å². The van der Waals surface area contributed by atoms with Crippen LogP contribution in [-0.4, -0.2) is 0 Å². The number of anilines is 3. The Morgan fingerprint density at radius 2 is 0.677 bits per heavy atom. The zero-order chi connectivity index (χ0) is 41.2. The molecule has 1 heterocycles. The Labute approximate surface area is 362 Å². The van der Waals surface area contributed by atoms with E-state index in [0.29, 0.717) is 0 Å². The SMILES string of the molecule is c1ccc(-c2ccc(N(c3ccc(-c4ccc(-c5ccccc5)c(-c5cccc6c5oc5ccccc56)c4)cc3)c3ccc(-c4ccccc4)c(-c4ccccc4)c3)cc2)cc1. The zero-order valence-corrected chi connectivity index (χ0v) is 34.0. The maximum Gasteiger partial charge on any atom is 0.143 e. The van der Waals surface area contributed by atoms with Gasteiger partial charge in [-0.15, -0.1) is 0 Å². The largest absolute Gasteiger partial charge is 0.455 e. The fourth-order valence-corrected chi connectivity index (χ4v) is 8.86. The molecule has 0 amide bonds. The highest BCUT2D eigenvalue weighted by molar-refractivity contribution is 6.11. The Balaban J connectivity index is 1.04. The average Bonchev–Trinajstić information content (AvgIpc) is 3.75. The molecule has 0 aliphatic carbocycles. The first kappa shape index (κ1) is 36.8. The maximum absolute atomic E-state index is 6.60. The highest BCUT2D eigenvalue weighted by atomic mass is 16.3. The van der Waals surface area contributed by atoms with E-state index >= 15 is 0 Å². The third-order valence-corrected chi connectivity index (χ3v) is 11.9. The van der Waals surface area contributed by atoms with E-state index in [4.69, 9.17) is 4.42 Å². The maximum atomic E-state index is 6.60. The van der Waals surface area contributed by atoms with Crippen LogP contribution in [0.4, 0.5) is 17.1 Å². The number of rotatable bonds is 9. The van der Waals surface area contributed by atoms with Crippen LogP contribution in [0.1, 0.15) is 0 Å². The smallest absolute Gasteiger partial charge is 0.143 e. The predicted molar refractivity (Wildman–Crippen MR) is 261 cm³/mol. The van der Waals surface area contributed by atoms with Gasteiger partial charge in [-0.1, -0.05) is 200 Å². The van der Waals surface area contributed by atoms with Crippen LogP contribution in [0.3, 0.4) is 0 Å². The summed E-state index contributed by atoms with van der Waals surface area (Å²) in [5.74, 6) is 0. The molecule has 1 aromatic heterocycles. The van der Waals surface area contributed by atoms with Crippen molar-refractivity contribution in [2.24, 2.45) is 0 Å². The Bertz CT molecular complexity index is 3300. The summed E-state index contributed by atoms with van der Waals surface area (Å²) in [6, 6.07) is 89.0. The topological polar surface area (TPSA) is 16.4 Å². The van der Waals surface area contributed by atoms with Crippen molar-refractivity contribution in [1.82, 2.24) is 0 Å². The van der Waals surface area contributed by atoms with E-state index in [1.807, 2.05) is 6.07 Å². The van der Waals surface area contributed by atoms with Crippen molar-refractivity contribution >= 4 is 39.0 Å². The van der Waals surface area contributed by atoms with E-state index in [0.717, 1.165) is 66.8 Å². The molecule has 0 aliphatic rings. The van der Waals surface area contributed by atoms with Gasteiger partial charge in [0.15, 0.2) is 0 Å². The molecule has 0 atom stereocenters. The minimum absolute atomic E-state index is 0.896. The lowest BCUT2D eigenvalue weighted by Crippen LogP contribution is -2.10. The molecule has 0 unspecified atom stereocenters. The van der Waals surface area contributed by atoms with Gasteiger partial charge in [0.05, 0.1) is 0 Å². The summed E-state index contributed by atoms with van der Waals surface area (Å²) in [4.78, 5) is 2.37. The molecule has 11 aromatic rings. The summed E-state index contributed by atoms with van der Waals surface area (Å²) in [6.07, 6.45) is 0. The monoisotopic (exact) mass is 791 g/mol. The Hall–Kier alpha value is -8.20. The fraction of sp³-hybridized carbons (Fsp3) is 0. The summed E-state index contributed by atoms with van der Waals surface area (Å²) in [5, 5.41) is 2.25. The van der Waals surface area contributed by atoms with E-state index in [-0.39, 0.29) is 0 Å². The van der Waals surface area contributed by atoms with Crippen LogP contribution in [0.15, 0.2) is 253 Å². The van der Waals surface area contributed by atoms with Crippen molar-refractivity contribution in [1.29, 1.82) is 0 Å². The first-order chi connectivity index (χ1) is 30.7. The van der Waals surface area contributed by atoms with Gasteiger partial charge in [0.2, 0.25) is 0 Å². The Morgan fingerprint density at radius 3 is 1.29 bits per heavy atom. The molecule has 2 nitrogen and oxygen atoms in total. The molecule has 11 rings (SSSR count). The van der Waals surface area contributed by atoms with Crippen LogP contribution < -0.4 is 4.90 Å². The Kier molecular flexibility index (Phi) is 9.57. The minimum atomic E-state index is 0.896. The molecule has 0 N–H and O–H groups in total. The zero-order valence-electron chi connectivity index (χ0n) is 34.0. The average molecular weight is 792 g/mol. The van der Waals surface area contributed by atoms with E-state index in [1.54, 1.807) is 0 Å². The molecule has 292 valence electrons. The molecule has 62 heavy (non-hydrogen) atoms. The normalized spacial score (nSPS) is 11.2. The molecular weight excluding hydrogens is 751 g/mol. The van der Waals surface area contributed by atoms with Gasteiger partial charge < -0.3 is 9.32 Å². The summed E-state index contributed by atoms with van der Waals surface area (Å²) in [7, 11) is 0. The second kappa shape index (κ2) is 16.1. The third-order valence-electron chi connectivity index (χ3n) is 11.9. The van der Waals surface area contributed by atoms with Gasteiger partial charge in [-0.3, -0.25) is 0 Å². The summed E-state index contributed by atoms with van der Waals surface area (Å²) >= 11 is 0. The van der Waals surface area contributed by atoms with Crippen molar-refractivity contribution in [3.05, 3.63) is 249 Å². The number of furan rings is 1. The van der Waals surface area contributed by atoms with Crippen molar-refractivity contribution in [3.63, 3.8) is 0 Å². The highest BCUT2D eigenvalue weighted by Crippen LogP contribution is 2.44. The predicted octanol–water partition coefficient (Wildman–Crippen LogP) is 17.1. The van der Waals surface area contributed by atoms with Crippen LogP contribution in [-0.2, 0) is 0 Å². The standard InChI is InChI=1S/C60H41NO/c1-5-16-42(17-6-1)43-28-33-49(34-29-43)61(51-37-39-52(45-18-7-2-8-19-45)57(41-51)47-22-11-4-12-23-47)50-35-30-44(31-36-50)48-32-38-53(46-20-9-3-10-21-46)58(40-48)56-26-15-25-55-54-24-13-14-27-59(54)62-60(55)56/h1-41H. The van der Waals surface area contributed by atoms with Crippen molar-refractivity contribution in [2.45, 2.75) is 0 Å². The van der Waals surface area contributed by atoms with Crippen molar-refractivity contribution in [2.75, 3.05) is 4.90 Å². The van der Waals surface area contributed by atoms with Gasteiger partial charge in [0.1, 0.15) is 11.2 Å². The number of benzene rings is 10. The summed E-state index contributed by atoms with van der Waals surface area (Å²) in [5.41, 5.74) is 19.0. The van der Waals surface area contributed by atoms with Crippen molar-refractivity contribution in [3.8, 4) is 66.8 Å². The molecule has 0 saturated heterocycles. The second-order valence-corrected chi connectivity index (χ2v) is 15.7. The lowest BCUT2D eigenvalue weighted by Gasteiger charge is -2.27. The lowest BCUT2D eigenvalue weighted by atomic mass is 9.90. The van der Waals surface area contributed by atoms with Gasteiger partial charge >= 0.3 is 0 Å². The Morgan fingerprint density at radius 1 is 0.242 bits per heavy atom. The molecule has 0 radical (unpaired) electrons. The number of hydrogen-bond acceptors (Lipinski definition) is 2. The van der Waals surface area contributed by atoms with E-state index in [2.05, 4.69) is 248 Å². The minimum Gasteiger partial charge on any atom is -0.455 e. The quantitative estimate of drug-likeness (QED) is 0.145. The van der Waals surface area contributed by atoms with Gasteiger partial charge in [-0.05, 0) is 110 Å². The van der Waals surface area contributed by atoms with Crippen LogP contribution >= 0.6 is 0 Å².